The molecule has 3 nitrogen and oxygen atoms in total. The van der Waals surface area contributed by atoms with Gasteiger partial charge in [0, 0.05) is 22.9 Å². The number of aryl methyl sites for hydroxylation is 2. The fourth-order valence-electron chi connectivity index (χ4n) is 3.44. The molecule has 116 valence electrons. The molecular formula is C21H17N2O+. The van der Waals surface area contributed by atoms with Crippen molar-refractivity contribution in [2.45, 2.75) is 13.8 Å². The molecule has 4 aromatic rings. The van der Waals surface area contributed by atoms with Gasteiger partial charge in [-0.2, -0.15) is 5.26 Å². The number of rotatable bonds is 1. The Balaban J connectivity index is 2.27. The Kier molecular flexibility index (Phi) is 3.14. The van der Waals surface area contributed by atoms with Gasteiger partial charge in [0.25, 0.3) is 0 Å². The van der Waals surface area contributed by atoms with Gasteiger partial charge in [-0.15, -0.1) is 0 Å². The number of hydrogen-bond donors (Lipinski definition) is 0. The molecule has 2 aromatic heterocycles. The Morgan fingerprint density at radius 2 is 1.75 bits per heavy atom. The zero-order valence-electron chi connectivity index (χ0n) is 13.9. The molecule has 2 heterocycles. The minimum atomic E-state index is 0.680. The molecule has 0 bridgehead atoms. The minimum Gasteiger partial charge on any atom is -0.456 e. The van der Waals surface area contributed by atoms with E-state index >= 15 is 0 Å². The number of benzene rings is 2. The van der Waals surface area contributed by atoms with Gasteiger partial charge in [-0.1, -0.05) is 18.2 Å². The third kappa shape index (κ3) is 1.87. The van der Waals surface area contributed by atoms with E-state index in [4.69, 9.17) is 4.42 Å². The summed E-state index contributed by atoms with van der Waals surface area (Å²) in [6.45, 7) is 4.12. The first-order chi connectivity index (χ1) is 11.6. The number of furan rings is 1. The standard InChI is InChI=1S/C21H17N2O/c1-13-14(2)21-20(15-8-4-5-10-18(15)24-21)16(12-22)19(13)17-9-6-7-11-23(17)3/h4-11H,1-3H3/q+1. The molecule has 2 aromatic carbocycles. The van der Waals surface area contributed by atoms with Crippen LogP contribution in [0, 0.1) is 25.2 Å². The van der Waals surface area contributed by atoms with Crippen LogP contribution in [0.3, 0.4) is 0 Å². The van der Waals surface area contributed by atoms with E-state index < -0.39 is 0 Å². The molecule has 0 aliphatic carbocycles. The van der Waals surface area contributed by atoms with Crippen LogP contribution in [0.2, 0.25) is 0 Å². The van der Waals surface area contributed by atoms with Crippen LogP contribution in [0.15, 0.2) is 53.1 Å². The molecular weight excluding hydrogens is 296 g/mol. The molecule has 24 heavy (non-hydrogen) atoms. The van der Waals surface area contributed by atoms with Gasteiger partial charge in [0.1, 0.15) is 24.3 Å². The van der Waals surface area contributed by atoms with Crippen LogP contribution >= 0.6 is 0 Å². The van der Waals surface area contributed by atoms with Crippen LogP contribution in [-0.4, -0.2) is 0 Å². The lowest BCUT2D eigenvalue weighted by atomic mass is 9.91. The molecule has 0 aliphatic rings. The summed E-state index contributed by atoms with van der Waals surface area (Å²) in [7, 11) is 2.00. The topological polar surface area (TPSA) is 40.8 Å². The maximum absolute atomic E-state index is 9.96. The second kappa shape index (κ2) is 5.21. The fraction of sp³-hybridized carbons (Fsp3) is 0.143. The van der Waals surface area contributed by atoms with Gasteiger partial charge in [-0.05, 0) is 37.1 Å². The number of fused-ring (bicyclic) bond motifs is 3. The van der Waals surface area contributed by atoms with Crippen molar-refractivity contribution in [1.29, 1.82) is 5.26 Å². The van der Waals surface area contributed by atoms with Gasteiger partial charge in [0.05, 0.1) is 11.1 Å². The third-order valence-electron chi connectivity index (χ3n) is 4.80. The quantitative estimate of drug-likeness (QED) is 0.483. The van der Waals surface area contributed by atoms with E-state index in [0.29, 0.717) is 5.56 Å². The van der Waals surface area contributed by atoms with Crippen molar-refractivity contribution < 1.29 is 8.98 Å². The highest BCUT2D eigenvalue weighted by molar-refractivity contribution is 6.11. The smallest absolute Gasteiger partial charge is 0.213 e. The summed E-state index contributed by atoms with van der Waals surface area (Å²) in [4.78, 5) is 0. The van der Waals surface area contributed by atoms with Gasteiger partial charge in [-0.25, -0.2) is 4.57 Å². The summed E-state index contributed by atoms with van der Waals surface area (Å²) in [5.74, 6) is 0. The van der Waals surface area contributed by atoms with E-state index in [-0.39, 0.29) is 0 Å². The average Bonchev–Trinajstić information content (AvgIpc) is 2.98. The highest BCUT2D eigenvalue weighted by atomic mass is 16.3. The Labute approximate surface area is 140 Å². The van der Waals surface area contributed by atoms with E-state index in [0.717, 1.165) is 44.3 Å². The molecule has 0 saturated carbocycles. The van der Waals surface area contributed by atoms with E-state index in [1.54, 1.807) is 0 Å². The normalized spacial score (nSPS) is 11.1. The second-order valence-corrected chi connectivity index (χ2v) is 6.11. The Bertz CT molecular complexity index is 1150. The van der Waals surface area contributed by atoms with Crippen LogP contribution in [-0.2, 0) is 7.05 Å². The van der Waals surface area contributed by atoms with Crippen molar-refractivity contribution in [3.8, 4) is 17.3 Å². The van der Waals surface area contributed by atoms with Crippen molar-refractivity contribution in [2.24, 2.45) is 7.05 Å². The summed E-state index contributed by atoms with van der Waals surface area (Å²) in [5, 5.41) is 11.9. The zero-order valence-corrected chi connectivity index (χ0v) is 13.9. The van der Waals surface area contributed by atoms with Crippen molar-refractivity contribution >= 4 is 21.9 Å². The molecule has 3 heteroatoms. The first-order valence-electron chi connectivity index (χ1n) is 7.93. The minimum absolute atomic E-state index is 0.680. The van der Waals surface area contributed by atoms with Crippen LogP contribution in [0.1, 0.15) is 16.7 Å². The lowest BCUT2D eigenvalue weighted by Crippen LogP contribution is -2.30. The largest absolute Gasteiger partial charge is 0.456 e. The molecule has 0 N–H and O–H groups in total. The highest BCUT2D eigenvalue weighted by Gasteiger charge is 2.24. The zero-order chi connectivity index (χ0) is 16.8. The number of hydrogen-bond acceptors (Lipinski definition) is 2. The summed E-state index contributed by atoms with van der Waals surface area (Å²) >= 11 is 0. The number of para-hydroxylation sites is 1. The van der Waals surface area contributed by atoms with Crippen molar-refractivity contribution in [2.75, 3.05) is 0 Å². The van der Waals surface area contributed by atoms with Crippen LogP contribution < -0.4 is 4.57 Å². The molecule has 4 rings (SSSR count). The Morgan fingerprint density at radius 1 is 1.00 bits per heavy atom. The Morgan fingerprint density at radius 3 is 2.50 bits per heavy atom. The lowest BCUT2D eigenvalue weighted by molar-refractivity contribution is -0.660. The van der Waals surface area contributed by atoms with Gasteiger partial charge >= 0.3 is 0 Å². The first-order valence-corrected chi connectivity index (χ1v) is 7.93. The van der Waals surface area contributed by atoms with E-state index in [1.165, 1.54) is 0 Å². The summed E-state index contributed by atoms with van der Waals surface area (Å²) < 4.78 is 8.12. The van der Waals surface area contributed by atoms with Crippen LogP contribution in [0.5, 0.6) is 0 Å². The molecule has 0 radical (unpaired) electrons. The molecule has 0 spiro atoms. The van der Waals surface area contributed by atoms with E-state index in [1.807, 2.05) is 49.6 Å². The van der Waals surface area contributed by atoms with E-state index in [2.05, 4.69) is 30.6 Å². The van der Waals surface area contributed by atoms with Gasteiger partial charge < -0.3 is 4.42 Å². The molecule has 0 unspecified atom stereocenters. The van der Waals surface area contributed by atoms with Crippen molar-refractivity contribution in [1.82, 2.24) is 0 Å². The van der Waals surface area contributed by atoms with Crippen molar-refractivity contribution in [3.05, 3.63) is 65.4 Å². The van der Waals surface area contributed by atoms with Crippen LogP contribution in [0.25, 0.3) is 33.2 Å². The number of aromatic nitrogens is 1. The van der Waals surface area contributed by atoms with Gasteiger partial charge in [-0.3, -0.25) is 0 Å². The summed E-state index contributed by atoms with van der Waals surface area (Å²) in [5.41, 5.74) is 6.49. The molecule has 0 atom stereocenters. The SMILES string of the molecule is Cc1c(-c2cccc[n+]2C)c(C#N)c2c(oc3ccccc32)c1C. The number of nitriles is 1. The maximum Gasteiger partial charge on any atom is 0.213 e. The second-order valence-electron chi connectivity index (χ2n) is 6.11. The van der Waals surface area contributed by atoms with E-state index in [9.17, 15) is 5.26 Å². The number of nitrogens with zero attached hydrogens (tertiary/aromatic N) is 2. The van der Waals surface area contributed by atoms with Gasteiger partial charge in [0.2, 0.25) is 5.69 Å². The van der Waals surface area contributed by atoms with Crippen LogP contribution in [0.4, 0.5) is 0 Å². The highest BCUT2D eigenvalue weighted by Crippen LogP contribution is 2.40. The summed E-state index contributed by atoms with van der Waals surface area (Å²) in [6.07, 6.45) is 2.00. The monoisotopic (exact) mass is 313 g/mol. The Hall–Kier alpha value is -3.12. The summed E-state index contributed by atoms with van der Waals surface area (Å²) in [6, 6.07) is 16.4. The predicted octanol–water partition coefficient (Wildman–Crippen LogP) is 4.57. The molecule has 0 fully saturated rings. The lowest BCUT2D eigenvalue weighted by Gasteiger charge is -2.11. The molecule has 0 saturated heterocycles. The van der Waals surface area contributed by atoms with Gasteiger partial charge in [0.15, 0.2) is 6.20 Å². The predicted molar refractivity (Wildman–Crippen MR) is 94.5 cm³/mol. The third-order valence-corrected chi connectivity index (χ3v) is 4.80. The molecule has 0 amide bonds. The first kappa shape index (κ1) is 14.5. The fourth-order valence-corrected chi connectivity index (χ4v) is 3.44. The van der Waals surface area contributed by atoms with Crippen molar-refractivity contribution in [3.63, 3.8) is 0 Å². The number of pyridine rings is 1. The average molecular weight is 313 g/mol. The molecule has 0 aliphatic heterocycles. The maximum atomic E-state index is 9.96.